The van der Waals surface area contributed by atoms with E-state index in [0.29, 0.717) is 35.1 Å². The second-order valence-electron chi connectivity index (χ2n) is 4.98. The summed E-state index contributed by atoms with van der Waals surface area (Å²) in [4.78, 5) is 0.202. The van der Waals surface area contributed by atoms with E-state index >= 15 is 0 Å². The van der Waals surface area contributed by atoms with Crippen molar-refractivity contribution >= 4 is 31.6 Å². The maximum absolute atomic E-state index is 12.2. The third-order valence-corrected chi connectivity index (χ3v) is 5.61. The summed E-state index contributed by atoms with van der Waals surface area (Å²) < 4.78 is 27.7. The summed E-state index contributed by atoms with van der Waals surface area (Å²) in [6.45, 7) is 2.08. The van der Waals surface area contributed by atoms with E-state index in [2.05, 4.69) is 20.7 Å². The molecular weight excluding hydrogens is 332 g/mol. The van der Waals surface area contributed by atoms with Crippen LogP contribution < -0.4 is 10.5 Å². The molecule has 1 fully saturated rings. The molecule has 1 aromatic carbocycles. The molecule has 0 unspecified atom stereocenters. The molecular formula is C12H17BrN2O3S. The van der Waals surface area contributed by atoms with Gasteiger partial charge in [-0.25, -0.2) is 13.1 Å². The number of aliphatic hydroxyl groups is 1. The van der Waals surface area contributed by atoms with Gasteiger partial charge in [0.05, 0.1) is 11.0 Å². The van der Waals surface area contributed by atoms with Crippen molar-refractivity contribution in [3.63, 3.8) is 0 Å². The van der Waals surface area contributed by atoms with Crippen molar-refractivity contribution in [1.29, 1.82) is 0 Å². The monoisotopic (exact) mass is 348 g/mol. The van der Waals surface area contributed by atoms with Crippen molar-refractivity contribution in [2.75, 3.05) is 12.3 Å². The van der Waals surface area contributed by atoms with Crippen LogP contribution in [0.4, 0.5) is 5.69 Å². The predicted molar refractivity (Wildman–Crippen MR) is 77.2 cm³/mol. The topological polar surface area (TPSA) is 92.4 Å². The maximum atomic E-state index is 12.2. The molecule has 0 amide bonds. The van der Waals surface area contributed by atoms with Crippen LogP contribution in [0.1, 0.15) is 18.4 Å². The highest BCUT2D eigenvalue weighted by Crippen LogP contribution is 2.28. The highest BCUT2D eigenvalue weighted by Gasteiger charge is 2.28. The number of aryl methyl sites for hydroxylation is 1. The van der Waals surface area contributed by atoms with Gasteiger partial charge < -0.3 is 10.8 Å². The van der Waals surface area contributed by atoms with Crippen LogP contribution in [0.25, 0.3) is 0 Å². The van der Waals surface area contributed by atoms with Gasteiger partial charge in [0.2, 0.25) is 10.0 Å². The van der Waals surface area contributed by atoms with Crippen molar-refractivity contribution in [2.24, 2.45) is 5.92 Å². The number of nitrogen functional groups attached to an aromatic ring is 1. The van der Waals surface area contributed by atoms with Gasteiger partial charge in [0.25, 0.3) is 0 Å². The zero-order chi connectivity index (χ0) is 14.2. The first kappa shape index (κ1) is 14.8. The number of sulfonamides is 1. The normalized spacial score (nSPS) is 23.1. The number of hydrogen-bond donors (Lipinski definition) is 3. The van der Waals surface area contributed by atoms with E-state index in [1.165, 1.54) is 6.07 Å². The molecule has 0 spiro atoms. The van der Waals surface area contributed by atoms with Crippen molar-refractivity contribution < 1.29 is 13.5 Å². The Morgan fingerprint density at radius 2 is 2.11 bits per heavy atom. The SMILES string of the molecule is Cc1cc(Br)c(N)cc1S(=O)(=O)NCC1CC(O)C1. The van der Waals surface area contributed by atoms with Crippen LogP contribution in [-0.2, 0) is 10.0 Å². The van der Waals surface area contributed by atoms with Gasteiger partial charge in [0, 0.05) is 16.7 Å². The van der Waals surface area contributed by atoms with Crippen molar-refractivity contribution in [1.82, 2.24) is 4.72 Å². The van der Waals surface area contributed by atoms with Crippen LogP contribution in [0.3, 0.4) is 0 Å². The first-order valence-electron chi connectivity index (χ1n) is 6.03. The molecule has 5 nitrogen and oxygen atoms in total. The Labute approximate surface area is 121 Å². The number of nitrogens with one attached hydrogen (secondary N) is 1. The molecule has 1 aromatic rings. The predicted octanol–water partition coefficient (Wildman–Crippen LogP) is 1.39. The molecule has 1 aliphatic carbocycles. The summed E-state index contributed by atoms with van der Waals surface area (Å²) in [7, 11) is -3.55. The van der Waals surface area contributed by atoms with Crippen LogP contribution in [-0.4, -0.2) is 26.2 Å². The summed E-state index contributed by atoms with van der Waals surface area (Å²) in [6, 6.07) is 3.15. The lowest BCUT2D eigenvalue weighted by atomic mass is 9.83. The minimum atomic E-state index is -3.55. The molecule has 106 valence electrons. The van der Waals surface area contributed by atoms with Gasteiger partial charge in [-0.3, -0.25) is 0 Å². The van der Waals surface area contributed by atoms with Crippen LogP contribution in [0, 0.1) is 12.8 Å². The maximum Gasteiger partial charge on any atom is 0.240 e. The lowest BCUT2D eigenvalue weighted by Crippen LogP contribution is -2.38. The average Bonchev–Trinajstić information content (AvgIpc) is 2.27. The van der Waals surface area contributed by atoms with Crippen molar-refractivity contribution in [3.8, 4) is 0 Å². The van der Waals surface area contributed by atoms with Crippen LogP contribution >= 0.6 is 15.9 Å². The van der Waals surface area contributed by atoms with Gasteiger partial charge in [-0.1, -0.05) is 0 Å². The van der Waals surface area contributed by atoms with E-state index < -0.39 is 10.0 Å². The Kier molecular flexibility index (Phi) is 4.20. The van der Waals surface area contributed by atoms with Gasteiger partial charge in [-0.2, -0.15) is 0 Å². The summed E-state index contributed by atoms with van der Waals surface area (Å²) in [5.74, 6) is 0.220. The van der Waals surface area contributed by atoms with Crippen molar-refractivity contribution in [3.05, 3.63) is 22.2 Å². The molecule has 1 aliphatic rings. The highest BCUT2D eigenvalue weighted by atomic mass is 79.9. The lowest BCUT2D eigenvalue weighted by molar-refractivity contribution is 0.0453. The first-order chi connectivity index (χ1) is 8.79. The Morgan fingerprint density at radius 3 is 2.68 bits per heavy atom. The zero-order valence-electron chi connectivity index (χ0n) is 10.6. The van der Waals surface area contributed by atoms with Crippen LogP contribution in [0.2, 0.25) is 0 Å². The van der Waals surface area contributed by atoms with Crippen molar-refractivity contribution in [2.45, 2.75) is 30.8 Å². The van der Waals surface area contributed by atoms with E-state index in [9.17, 15) is 13.5 Å². The second-order valence-corrected chi connectivity index (χ2v) is 7.57. The summed E-state index contributed by atoms with van der Waals surface area (Å²) in [5.41, 5.74) is 6.76. The van der Waals surface area contributed by atoms with Crippen LogP contribution in [0.15, 0.2) is 21.5 Å². The molecule has 19 heavy (non-hydrogen) atoms. The average molecular weight is 349 g/mol. The number of nitrogens with two attached hydrogens (primary N) is 1. The standard InChI is InChI=1S/C12H17BrN2O3S/c1-7-2-10(13)11(14)5-12(7)19(17,18)15-6-8-3-9(16)4-8/h2,5,8-9,15-16H,3-4,6,14H2,1H3. The number of anilines is 1. The molecule has 0 heterocycles. The third kappa shape index (κ3) is 3.28. The van der Waals surface area contributed by atoms with Gasteiger partial charge in [0.15, 0.2) is 0 Å². The Hall–Kier alpha value is -0.630. The minimum Gasteiger partial charge on any atom is -0.398 e. The van der Waals surface area contributed by atoms with E-state index in [-0.39, 0.29) is 16.9 Å². The van der Waals surface area contributed by atoms with E-state index in [1.54, 1.807) is 13.0 Å². The number of aliphatic hydroxyl groups excluding tert-OH is 1. The van der Waals surface area contributed by atoms with E-state index in [0.717, 1.165) is 0 Å². The molecule has 0 aromatic heterocycles. The Balaban J connectivity index is 2.13. The molecule has 0 bridgehead atoms. The summed E-state index contributed by atoms with van der Waals surface area (Å²) >= 11 is 3.27. The Bertz CT molecular complexity index is 583. The molecule has 0 saturated heterocycles. The second kappa shape index (κ2) is 5.40. The molecule has 7 heteroatoms. The molecule has 2 rings (SSSR count). The fourth-order valence-electron chi connectivity index (χ4n) is 2.13. The number of halogens is 1. The van der Waals surface area contributed by atoms with E-state index in [1.807, 2.05) is 0 Å². The lowest BCUT2D eigenvalue weighted by Gasteiger charge is -2.31. The van der Waals surface area contributed by atoms with Gasteiger partial charge in [-0.05, 0) is 59.3 Å². The summed E-state index contributed by atoms with van der Waals surface area (Å²) in [6.07, 6.45) is 1.04. The molecule has 1 saturated carbocycles. The largest absolute Gasteiger partial charge is 0.398 e. The van der Waals surface area contributed by atoms with Crippen LogP contribution in [0.5, 0.6) is 0 Å². The summed E-state index contributed by atoms with van der Waals surface area (Å²) in [5, 5.41) is 9.18. The first-order valence-corrected chi connectivity index (χ1v) is 8.30. The van der Waals surface area contributed by atoms with Gasteiger partial charge >= 0.3 is 0 Å². The number of rotatable bonds is 4. The van der Waals surface area contributed by atoms with Gasteiger partial charge in [0.1, 0.15) is 0 Å². The number of benzene rings is 1. The number of hydrogen-bond acceptors (Lipinski definition) is 4. The van der Waals surface area contributed by atoms with Gasteiger partial charge in [-0.15, -0.1) is 0 Å². The fourth-order valence-corrected chi connectivity index (χ4v) is 3.96. The highest BCUT2D eigenvalue weighted by molar-refractivity contribution is 9.10. The quantitative estimate of drug-likeness (QED) is 0.717. The Morgan fingerprint density at radius 1 is 1.47 bits per heavy atom. The molecule has 0 atom stereocenters. The molecule has 0 aliphatic heterocycles. The minimum absolute atomic E-state index is 0.202. The molecule has 4 N–H and O–H groups in total. The van der Waals surface area contributed by atoms with E-state index in [4.69, 9.17) is 5.73 Å². The third-order valence-electron chi connectivity index (χ3n) is 3.36. The zero-order valence-corrected chi connectivity index (χ0v) is 13.0. The molecule has 0 radical (unpaired) electrons. The fraction of sp³-hybridized carbons (Fsp3) is 0.500. The smallest absolute Gasteiger partial charge is 0.240 e.